The molecule has 0 amide bonds. The van der Waals surface area contributed by atoms with Gasteiger partial charge in [-0.15, -0.1) is 0 Å². The maximum atomic E-state index is 7.54. The number of thiocarbonyl (C=S) groups is 1. The van der Waals surface area contributed by atoms with Gasteiger partial charge < -0.3 is 9.64 Å². The third-order valence-electron chi connectivity index (χ3n) is 3.04. The van der Waals surface area contributed by atoms with Crippen molar-refractivity contribution < 1.29 is 4.74 Å². The summed E-state index contributed by atoms with van der Waals surface area (Å²) in [5.74, 6) is 0.180. The highest BCUT2D eigenvalue weighted by Gasteiger charge is 2.46. The Hall–Kier alpha value is -0.640. The van der Waals surface area contributed by atoms with Crippen LogP contribution >= 0.6 is 12.2 Å². The number of nitrogens with zero attached hydrogens (tertiary/aromatic N) is 1. The summed E-state index contributed by atoms with van der Waals surface area (Å²) < 4.78 is 5.58. The molecule has 13 heavy (non-hydrogen) atoms. The predicted octanol–water partition coefficient (Wildman–Crippen LogP) is 1.91. The van der Waals surface area contributed by atoms with Crippen LogP contribution in [0.5, 0.6) is 0 Å². The van der Waals surface area contributed by atoms with E-state index >= 15 is 0 Å². The van der Waals surface area contributed by atoms with Gasteiger partial charge in [-0.3, -0.25) is 5.41 Å². The molecule has 0 aromatic heterocycles. The lowest BCUT2D eigenvalue weighted by Gasteiger charge is -2.37. The third kappa shape index (κ3) is 1.24. The van der Waals surface area contributed by atoms with Gasteiger partial charge in [0.1, 0.15) is 0 Å². The molecule has 1 saturated heterocycles. The largest absolute Gasteiger partial charge is 0.449 e. The first kappa shape index (κ1) is 8.94. The maximum absolute atomic E-state index is 7.54. The van der Waals surface area contributed by atoms with Crippen LogP contribution in [0.25, 0.3) is 0 Å². The zero-order valence-electron chi connectivity index (χ0n) is 7.80. The molecule has 2 aliphatic rings. The quantitative estimate of drug-likeness (QED) is 0.604. The van der Waals surface area contributed by atoms with E-state index in [1.807, 2.05) is 11.9 Å². The molecule has 2 fully saturated rings. The Bertz CT molecular complexity index is 258. The monoisotopic (exact) mass is 198 g/mol. The van der Waals surface area contributed by atoms with Crippen molar-refractivity contribution in [2.75, 3.05) is 7.05 Å². The fourth-order valence-electron chi connectivity index (χ4n) is 2.18. The summed E-state index contributed by atoms with van der Waals surface area (Å²) in [7, 11) is 1.94. The average molecular weight is 198 g/mol. The molecule has 0 atom stereocenters. The predicted molar refractivity (Wildman–Crippen MR) is 55.0 cm³/mol. The lowest BCUT2D eigenvalue weighted by atomic mass is 9.91. The van der Waals surface area contributed by atoms with Crippen molar-refractivity contribution in [3.63, 3.8) is 0 Å². The highest BCUT2D eigenvalue weighted by Crippen LogP contribution is 2.38. The van der Waals surface area contributed by atoms with Crippen molar-refractivity contribution in [2.45, 2.75) is 37.8 Å². The third-order valence-corrected chi connectivity index (χ3v) is 3.50. The lowest BCUT2D eigenvalue weighted by molar-refractivity contribution is -0.0493. The van der Waals surface area contributed by atoms with E-state index < -0.39 is 0 Å². The molecule has 4 heteroatoms. The Labute approximate surface area is 83.6 Å². The molecule has 72 valence electrons. The minimum Gasteiger partial charge on any atom is -0.449 e. The van der Waals surface area contributed by atoms with Crippen LogP contribution < -0.4 is 0 Å². The molecule has 1 saturated carbocycles. The Morgan fingerprint density at radius 1 is 1.38 bits per heavy atom. The van der Waals surface area contributed by atoms with E-state index in [1.54, 1.807) is 0 Å². The number of hydrogen-bond donors (Lipinski definition) is 1. The highest BCUT2D eigenvalue weighted by atomic mass is 32.1. The Kier molecular flexibility index (Phi) is 2.02. The minimum absolute atomic E-state index is 0.180. The second-order valence-electron chi connectivity index (χ2n) is 3.80. The van der Waals surface area contributed by atoms with Crippen LogP contribution in [-0.2, 0) is 4.74 Å². The minimum atomic E-state index is -0.258. The molecule has 0 radical (unpaired) electrons. The van der Waals surface area contributed by atoms with Crippen LogP contribution in [0.15, 0.2) is 0 Å². The molecule has 0 unspecified atom stereocenters. The van der Waals surface area contributed by atoms with Crippen LogP contribution in [-0.4, -0.2) is 28.6 Å². The highest BCUT2D eigenvalue weighted by molar-refractivity contribution is 7.82. The first-order valence-electron chi connectivity index (χ1n) is 4.71. The van der Waals surface area contributed by atoms with Gasteiger partial charge in [0, 0.05) is 19.9 Å². The smallest absolute Gasteiger partial charge is 0.243 e. The topological polar surface area (TPSA) is 36.3 Å². The summed E-state index contributed by atoms with van der Waals surface area (Å²) in [5, 5.41) is 7.54. The Morgan fingerprint density at radius 3 is 2.46 bits per heavy atom. The summed E-state index contributed by atoms with van der Waals surface area (Å²) in [6, 6.07) is 0. The van der Waals surface area contributed by atoms with Gasteiger partial charge in [-0.05, 0) is 12.8 Å². The molecule has 1 aliphatic heterocycles. The van der Waals surface area contributed by atoms with Crippen molar-refractivity contribution in [1.82, 2.24) is 4.90 Å². The number of nitrogens with one attached hydrogen (secondary N) is 1. The fourth-order valence-corrected chi connectivity index (χ4v) is 2.39. The second-order valence-corrected chi connectivity index (χ2v) is 4.19. The zero-order valence-corrected chi connectivity index (χ0v) is 8.62. The van der Waals surface area contributed by atoms with E-state index in [9.17, 15) is 0 Å². The van der Waals surface area contributed by atoms with E-state index in [1.165, 1.54) is 19.3 Å². The summed E-state index contributed by atoms with van der Waals surface area (Å²) in [6.07, 6.45) is 5.65. The van der Waals surface area contributed by atoms with Crippen molar-refractivity contribution in [1.29, 1.82) is 5.41 Å². The lowest BCUT2D eigenvalue weighted by Crippen LogP contribution is -2.45. The van der Waals surface area contributed by atoms with Crippen LogP contribution in [0.3, 0.4) is 0 Å². The van der Waals surface area contributed by atoms with E-state index in [2.05, 4.69) is 0 Å². The molecule has 3 nitrogen and oxygen atoms in total. The Morgan fingerprint density at radius 2 is 2.00 bits per heavy atom. The van der Waals surface area contributed by atoms with E-state index in [-0.39, 0.29) is 11.6 Å². The van der Waals surface area contributed by atoms with Crippen LogP contribution in [0.4, 0.5) is 0 Å². The second kappa shape index (κ2) is 2.94. The standard InChI is InChI=1S/C9H14N2OS/c1-11-8(13)7(10)12-9(11)5-3-2-4-6-9/h10H,2-6H2,1H3. The van der Waals surface area contributed by atoms with Gasteiger partial charge >= 0.3 is 0 Å². The average Bonchev–Trinajstić information content (AvgIpc) is 2.33. The number of likely N-dealkylation sites (N-methyl/N-ethyl adjacent to an activating group) is 1. The molecule has 0 aromatic rings. The van der Waals surface area contributed by atoms with Crippen molar-refractivity contribution in [3.8, 4) is 0 Å². The number of rotatable bonds is 0. The zero-order chi connectivity index (χ0) is 9.47. The van der Waals surface area contributed by atoms with Crippen LogP contribution in [0.1, 0.15) is 32.1 Å². The molecule has 1 heterocycles. The van der Waals surface area contributed by atoms with Gasteiger partial charge in [0.05, 0.1) is 0 Å². The van der Waals surface area contributed by atoms with E-state index in [0.29, 0.717) is 4.99 Å². The van der Waals surface area contributed by atoms with E-state index in [4.69, 9.17) is 22.4 Å². The van der Waals surface area contributed by atoms with Crippen molar-refractivity contribution in [2.24, 2.45) is 0 Å². The summed E-state index contributed by atoms with van der Waals surface area (Å²) in [5.41, 5.74) is -0.258. The summed E-state index contributed by atoms with van der Waals surface area (Å²) >= 11 is 5.09. The van der Waals surface area contributed by atoms with Gasteiger partial charge in [-0.25, -0.2) is 0 Å². The molecular formula is C9H14N2OS. The van der Waals surface area contributed by atoms with Gasteiger partial charge in [0.2, 0.25) is 5.90 Å². The molecule has 2 rings (SSSR count). The number of ether oxygens (including phenoxy) is 1. The van der Waals surface area contributed by atoms with Gasteiger partial charge in [-0.1, -0.05) is 18.6 Å². The van der Waals surface area contributed by atoms with E-state index in [0.717, 1.165) is 12.8 Å². The Balaban J connectivity index is 2.23. The van der Waals surface area contributed by atoms with Gasteiger partial charge in [0.15, 0.2) is 10.7 Å². The summed E-state index contributed by atoms with van der Waals surface area (Å²) in [4.78, 5) is 2.52. The maximum Gasteiger partial charge on any atom is 0.243 e. The first-order chi connectivity index (χ1) is 6.16. The number of hydrogen-bond acceptors (Lipinski definition) is 3. The first-order valence-corrected chi connectivity index (χ1v) is 5.12. The van der Waals surface area contributed by atoms with Crippen molar-refractivity contribution in [3.05, 3.63) is 0 Å². The molecule has 0 bridgehead atoms. The van der Waals surface area contributed by atoms with Gasteiger partial charge in [-0.2, -0.15) is 0 Å². The molecule has 0 aromatic carbocycles. The van der Waals surface area contributed by atoms with Crippen LogP contribution in [0, 0.1) is 5.41 Å². The molecule has 1 spiro atoms. The van der Waals surface area contributed by atoms with Crippen LogP contribution in [0.2, 0.25) is 0 Å². The molecule has 1 N–H and O–H groups in total. The SMILES string of the molecule is CN1C(=S)C(=N)OC12CCCCC2. The fraction of sp³-hybridized carbons (Fsp3) is 0.778. The molecule has 1 aliphatic carbocycles. The summed E-state index contributed by atoms with van der Waals surface area (Å²) in [6.45, 7) is 0. The normalized spacial score (nSPS) is 26.7. The molecular weight excluding hydrogens is 184 g/mol. The van der Waals surface area contributed by atoms with Gasteiger partial charge in [0.25, 0.3) is 0 Å². The van der Waals surface area contributed by atoms with Crippen molar-refractivity contribution >= 4 is 23.1 Å².